The number of aryl methyl sites for hydroxylation is 1. The number of anilines is 1. The topological polar surface area (TPSA) is 89.8 Å². The number of nitrogens with zero attached hydrogens (tertiary/aromatic N) is 2. The van der Waals surface area contributed by atoms with Crippen molar-refractivity contribution in [1.82, 2.24) is 0 Å². The molecule has 1 heterocycles. The number of esters is 1. The summed E-state index contributed by atoms with van der Waals surface area (Å²) in [6.45, 7) is 1.42. The number of para-hydroxylation sites is 1. The first-order valence-corrected chi connectivity index (χ1v) is 8.77. The van der Waals surface area contributed by atoms with Crippen LogP contribution in [0.2, 0.25) is 5.02 Å². The van der Waals surface area contributed by atoms with Crippen LogP contribution in [0, 0.1) is 10.1 Å². The number of nitro groups is 1. The second kappa shape index (κ2) is 7.75. The zero-order chi connectivity index (χ0) is 19.6. The fourth-order valence-electron chi connectivity index (χ4n) is 3.17. The lowest BCUT2D eigenvalue weighted by Gasteiger charge is -2.35. The lowest BCUT2D eigenvalue weighted by atomic mass is 9.96. The Hall–Kier alpha value is -2.93. The fourth-order valence-corrected chi connectivity index (χ4v) is 3.35. The van der Waals surface area contributed by atoms with Crippen molar-refractivity contribution in [3.8, 4) is 0 Å². The van der Waals surface area contributed by atoms with Crippen molar-refractivity contribution >= 4 is 34.9 Å². The molecule has 0 aromatic heterocycles. The van der Waals surface area contributed by atoms with E-state index in [0.717, 1.165) is 36.2 Å². The molecule has 0 aliphatic carbocycles. The van der Waals surface area contributed by atoms with Crippen LogP contribution < -0.4 is 4.90 Å². The zero-order valence-electron chi connectivity index (χ0n) is 14.6. The van der Waals surface area contributed by atoms with Crippen LogP contribution in [-0.4, -0.2) is 29.4 Å². The number of nitro benzene ring substituents is 1. The summed E-state index contributed by atoms with van der Waals surface area (Å²) in [6.07, 6.45) is 1.67. The largest absolute Gasteiger partial charge is 0.452 e. The summed E-state index contributed by atoms with van der Waals surface area (Å²) in [4.78, 5) is 37.0. The highest BCUT2D eigenvalue weighted by atomic mass is 35.5. The Balaban J connectivity index is 1.76. The minimum Gasteiger partial charge on any atom is -0.452 e. The van der Waals surface area contributed by atoms with Gasteiger partial charge in [-0.25, -0.2) is 4.79 Å². The number of carbonyl (C=O) groups is 2. The maximum absolute atomic E-state index is 12.7. The third-order valence-corrected chi connectivity index (χ3v) is 4.73. The molecule has 0 fully saturated rings. The van der Waals surface area contributed by atoms with Gasteiger partial charge in [0.2, 0.25) is 0 Å². The van der Waals surface area contributed by atoms with E-state index < -0.39 is 23.2 Å². The van der Waals surface area contributed by atoms with E-state index in [1.54, 1.807) is 4.90 Å². The van der Waals surface area contributed by atoms with E-state index in [0.29, 0.717) is 0 Å². The molecule has 1 unspecified atom stereocenters. The first kappa shape index (κ1) is 18.8. The first-order chi connectivity index (χ1) is 12.9. The smallest absolute Gasteiger partial charge is 0.345 e. The SMILES string of the molecule is CC1CCc2ccccc2N1C(=O)COC(=O)c1cc(Cl)ccc1[N+](=O)[O-]. The lowest BCUT2D eigenvalue weighted by molar-refractivity contribution is -0.385. The summed E-state index contributed by atoms with van der Waals surface area (Å²) in [6, 6.07) is 11.1. The normalized spacial score (nSPS) is 15.8. The maximum Gasteiger partial charge on any atom is 0.345 e. The number of halogens is 1. The summed E-state index contributed by atoms with van der Waals surface area (Å²) < 4.78 is 5.06. The maximum atomic E-state index is 12.7. The summed E-state index contributed by atoms with van der Waals surface area (Å²) in [5.74, 6) is -1.34. The fraction of sp³-hybridized carbons (Fsp3) is 0.263. The van der Waals surface area contributed by atoms with Gasteiger partial charge in [-0.3, -0.25) is 14.9 Å². The molecule has 140 valence electrons. The van der Waals surface area contributed by atoms with Gasteiger partial charge >= 0.3 is 5.97 Å². The Bertz CT molecular complexity index is 915. The number of rotatable bonds is 4. The molecule has 1 aliphatic heterocycles. The molecule has 0 bridgehead atoms. The van der Waals surface area contributed by atoms with Crippen molar-refractivity contribution in [2.45, 2.75) is 25.8 Å². The summed E-state index contributed by atoms with van der Waals surface area (Å²) in [5, 5.41) is 11.2. The lowest BCUT2D eigenvalue weighted by Crippen LogP contribution is -2.44. The van der Waals surface area contributed by atoms with Gasteiger partial charge in [0, 0.05) is 22.8 Å². The molecule has 2 aromatic rings. The molecule has 2 aromatic carbocycles. The van der Waals surface area contributed by atoms with Gasteiger partial charge in [-0.2, -0.15) is 0 Å². The molecule has 1 atom stereocenters. The molecular weight excluding hydrogens is 372 g/mol. The predicted molar refractivity (Wildman–Crippen MR) is 100 cm³/mol. The zero-order valence-corrected chi connectivity index (χ0v) is 15.3. The number of hydrogen-bond acceptors (Lipinski definition) is 5. The second-order valence-corrected chi connectivity index (χ2v) is 6.71. The highest BCUT2D eigenvalue weighted by Crippen LogP contribution is 2.30. The van der Waals surface area contributed by atoms with Gasteiger partial charge in [0.25, 0.3) is 11.6 Å². The van der Waals surface area contributed by atoms with Crippen molar-refractivity contribution in [2.24, 2.45) is 0 Å². The summed E-state index contributed by atoms with van der Waals surface area (Å²) >= 11 is 5.82. The third-order valence-electron chi connectivity index (χ3n) is 4.49. The van der Waals surface area contributed by atoms with Crippen LogP contribution in [-0.2, 0) is 16.0 Å². The highest BCUT2D eigenvalue weighted by Gasteiger charge is 2.29. The molecule has 0 spiro atoms. The standard InChI is InChI=1S/C19H17ClN2O5/c1-12-6-7-13-4-2-3-5-16(13)21(12)18(23)11-27-19(24)15-10-14(20)8-9-17(15)22(25)26/h2-5,8-10,12H,6-7,11H2,1H3. The quantitative estimate of drug-likeness (QED) is 0.451. The molecule has 27 heavy (non-hydrogen) atoms. The average Bonchev–Trinajstić information content (AvgIpc) is 2.65. The molecule has 0 N–H and O–H groups in total. The Kier molecular flexibility index (Phi) is 5.41. The van der Waals surface area contributed by atoms with E-state index in [9.17, 15) is 19.7 Å². The minimum atomic E-state index is -0.963. The molecule has 0 radical (unpaired) electrons. The molecule has 7 nitrogen and oxygen atoms in total. The van der Waals surface area contributed by atoms with E-state index in [4.69, 9.17) is 16.3 Å². The number of fused-ring (bicyclic) bond motifs is 1. The number of amides is 1. The monoisotopic (exact) mass is 388 g/mol. The van der Waals surface area contributed by atoms with Crippen LogP contribution in [0.15, 0.2) is 42.5 Å². The predicted octanol–water partition coefficient (Wildman–Crippen LogP) is 3.77. The first-order valence-electron chi connectivity index (χ1n) is 8.39. The molecular formula is C19H17ClN2O5. The van der Waals surface area contributed by atoms with Crippen LogP contribution in [0.1, 0.15) is 29.3 Å². The van der Waals surface area contributed by atoms with Crippen LogP contribution in [0.3, 0.4) is 0 Å². The molecule has 0 saturated heterocycles. The minimum absolute atomic E-state index is 0.0355. The number of carbonyl (C=O) groups excluding carboxylic acids is 2. The van der Waals surface area contributed by atoms with Crippen LogP contribution >= 0.6 is 11.6 Å². The van der Waals surface area contributed by atoms with E-state index in [2.05, 4.69) is 0 Å². The van der Waals surface area contributed by atoms with Gasteiger partial charge in [0.05, 0.1) is 4.92 Å². The Morgan fingerprint density at radius 3 is 2.78 bits per heavy atom. The van der Waals surface area contributed by atoms with Crippen molar-refractivity contribution in [3.63, 3.8) is 0 Å². The van der Waals surface area contributed by atoms with Crippen LogP contribution in [0.25, 0.3) is 0 Å². The molecule has 3 rings (SSSR count). The van der Waals surface area contributed by atoms with Crippen molar-refractivity contribution in [3.05, 3.63) is 68.7 Å². The van der Waals surface area contributed by atoms with E-state index in [1.165, 1.54) is 6.07 Å². The summed E-state index contributed by atoms with van der Waals surface area (Å²) in [5.41, 5.74) is 1.15. The van der Waals surface area contributed by atoms with E-state index >= 15 is 0 Å². The third kappa shape index (κ3) is 3.93. The summed E-state index contributed by atoms with van der Waals surface area (Å²) in [7, 11) is 0. The van der Waals surface area contributed by atoms with Gasteiger partial charge in [-0.05, 0) is 43.5 Å². The van der Waals surface area contributed by atoms with Crippen LogP contribution in [0.5, 0.6) is 0 Å². The molecule has 0 saturated carbocycles. The highest BCUT2D eigenvalue weighted by molar-refractivity contribution is 6.31. The number of ether oxygens (including phenoxy) is 1. The Morgan fingerprint density at radius 2 is 2.04 bits per heavy atom. The van der Waals surface area contributed by atoms with Crippen molar-refractivity contribution < 1.29 is 19.2 Å². The molecule has 8 heteroatoms. The van der Waals surface area contributed by atoms with Gasteiger partial charge in [-0.1, -0.05) is 29.8 Å². The van der Waals surface area contributed by atoms with E-state index in [1.807, 2.05) is 31.2 Å². The van der Waals surface area contributed by atoms with Gasteiger partial charge in [0.15, 0.2) is 6.61 Å². The molecule has 1 amide bonds. The Morgan fingerprint density at radius 1 is 1.30 bits per heavy atom. The second-order valence-electron chi connectivity index (χ2n) is 6.27. The number of benzene rings is 2. The van der Waals surface area contributed by atoms with Gasteiger partial charge < -0.3 is 9.64 Å². The Labute approximate surface area is 160 Å². The van der Waals surface area contributed by atoms with Crippen molar-refractivity contribution in [1.29, 1.82) is 0 Å². The van der Waals surface area contributed by atoms with Gasteiger partial charge in [0.1, 0.15) is 5.56 Å². The molecule has 1 aliphatic rings. The van der Waals surface area contributed by atoms with Crippen LogP contribution in [0.4, 0.5) is 11.4 Å². The number of hydrogen-bond donors (Lipinski definition) is 0. The van der Waals surface area contributed by atoms with E-state index in [-0.39, 0.29) is 22.5 Å². The average molecular weight is 389 g/mol. The van der Waals surface area contributed by atoms with Crippen molar-refractivity contribution in [2.75, 3.05) is 11.5 Å². The van der Waals surface area contributed by atoms with Gasteiger partial charge in [-0.15, -0.1) is 0 Å².